The highest BCUT2D eigenvalue weighted by molar-refractivity contribution is 5.92. The van der Waals surface area contributed by atoms with Crippen LogP contribution in [0, 0.1) is 5.92 Å². The molecule has 1 aliphatic rings. The van der Waals surface area contributed by atoms with Crippen LogP contribution in [-0.4, -0.2) is 46.4 Å². The van der Waals surface area contributed by atoms with Gasteiger partial charge in [-0.05, 0) is 38.0 Å². The van der Waals surface area contributed by atoms with Crippen LogP contribution in [0.15, 0.2) is 42.7 Å². The summed E-state index contributed by atoms with van der Waals surface area (Å²) >= 11 is 0. The third kappa shape index (κ3) is 3.99. The number of urea groups is 1. The number of carbonyl (C=O) groups excluding carboxylic acids is 2. The van der Waals surface area contributed by atoms with Crippen molar-refractivity contribution in [2.24, 2.45) is 5.92 Å². The van der Waals surface area contributed by atoms with Crippen LogP contribution < -0.4 is 5.32 Å². The van der Waals surface area contributed by atoms with E-state index in [4.69, 9.17) is 4.74 Å². The summed E-state index contributed by atoms with van der Waals surface area (Å²) in [6, 6.07) is 9.09. The van der Waals surface area contributed by atoms with Crippen LogP contribution in [-0.2, 0) is 9.53 Å². The molecule has 1 aromatic heterocycles. The molecule has 1 aromatic carbocycles. The fraction of sp³-hybridized carbons (Fsp3) is 0.389. The summed E-state index contributed by atoms with van der Waals surface area (Å²) < 4.78 is 6.79. The average Bonchev–Trinajstić information content (AvgIpc) is 3.17. The Morgan fingerprint density at radius 1 is 1.32 bits per heavy atom. The first-order valence-electron chi connectivity index (χ1n) is 8.50. The Kier molecular flexibility index (Phi) is 5.33. The lowest BCUT2D eigenvalue weighted by Crippen LogP contribution is -2.44. The van der Waals surface area contributed by atoms with E-state index in [0.717, 1.165) is 18.5 Å². The molecule has 0 aliphatic carbocycles. The number of anilines is 1. The summed E-state index contributed by atoms with van der Waals surface area (Å²) in [6.07, 6.45) is 5.06. The van der Waals surface area contributed by atoms with Gasteiger partial charge < -0.3 is 15.0 Å². The Morgan fingerprint density at radius 3 is 2.92 bits per heavy atom. The molecule has 132 valence electrons. The second kappa shape index (κ2) is 7.83. The van der Waals surface area contributed by atoms with Crippen LogP contribution in [0.5, 0.6) is 0 Å². The second-order valence-corrected chi connectivity index (χ2v) is 5.94. The lowest BCUT2D eigenvalue weighted by molar-refractivity contribution is -0.149. The van der Waals surface area contributed by atoms with Crippen molar-refractivity contribution in [2.75, 3.05) is 25.0 Å². The average molecular weight is 342 g/mol. The number of esters is 1. The molecule has 2 heterocycles. The number of benzene rings is 1. The van der Waals surface area contributed by atoms with Crippen LogP contribution in [0.1, 0.15) is 19.8 Å². The molecule has 0 unspecified atom stereocenters. The number of rotatable bonds is 4. The maximum atomic E-state index is 12.6. The van der Waals surface area contributed by atoms with Crippen molar-refractivity contribution >= 4 is 17.7 Å². The molecule has 1 saturated heterocycles. The zero-order valence-electron chi connectivity index (χ0n) is 14.2. The van der Waals surface area contributed by atoms with E-state index < -0.39 is 0 Å². The minimum absolute atomic E-state index is 0.214. The Hall–Kier alpha value is -2.83. The van der Waals surface area contributed by atoms with E-state index in [1.807, 2.05) is 36.5 Å². The minimum Gasteiger partial charge on any atom is -0.466 e. The molecular weight excluding hydrogens is 320 g/mol. The van der Waals surface area contributed by atoms with Gasteiger partial charge in [-0.1, -0.05) is 12.1 Å². The zero-order valence-corrected chi connectivity index (χ0v) is 14.2. The van der Waals surface area contributed by atoms with Gasteiger partial charge in [-0.2, -0.15) is 5.10 Å². The van der Waals surface area contributed by atoms with Gasteiger partial charge >= 0.3 is 12.0 Å². The molecule has 0 saturated carbocycles. The molecule has 1 fully saturated rings. The Bertz CT molecular complexity index is 730. The molecule has 1 atom stereocenters. The third-order valence-electron chi connectivity index (χ3n) is 4.23. The minimum atomic E-state index is -0.249. The predicted octanol–water partition coefficient (Wildman–Crippen LogP) is 2.68. The van der Waals surface area contributed by atoms with Gasteiger partial charge in [-0.3, -0.25) is 4.79 Å². The maximum Gasteiger partial charge on any atom is 0.321 e. The molecule has 0 spiro atoms. The number of nitrogens with one attached hydrogen (secondary N) is 1. The quantitative estimate of drug-likeness (QED) is 0.867. The summed E-state index contributed by atoms with van der Waals surface area (Å²) in [5.74, 6) is -0.474. The molecule has 1 N–H and O–H groups in total. The van der Waals surface area contributed by atoms with Crippen molar-refractivity contribution < 1.29 is 14.3 Å². The van der Waals surface area contributed by atoms with Crippen molar-refractivity contribution in [1.82, 2.24) is 14.7 Å². The Balaban J connectivity index is 1.69. The molecule has 7 nitrogen and oxygen atoms in total. The maximum absolute atomic E-state index is 12.6. The molecule has 2 aromatic rings. The van der Waals surface area contributed by atoms with Crippen molar-refractivity contribution in [3.05, 3.63) is 42.7 Å². The molecular formula is C18H22N4O3. The fourth-order valence-electron chi connectivity index (χ4n) is 3.00. The van der Waals surface area contributed by atoms with Gasteiger partial charge in [0.25, 0.3) is 0 Å². The molecule has 0 bridgehead atoms. The summed E-state index contributed by atoms with van der Waals surface area (Å²) in [6.45, 7) is 3.16. The number of ether oxygens (including phenoxy) is 1. The smallest absolute Gasteiger partial charge is 0.321 e. The number of piperidine rings is 1. The summed E-state index contributed by atoms with van der Waals surface area (Å²) in [7, 11) is 0. The van der Waals surface area contributed by atoms with Crippen LogP contribution in [0.4, 0.5) is 10.5 Å². The largest absolute Gasteiger partial charge is 0.466 e. The first-order chi connectivity index (χ1) is 12.2. The highest BCUT2D eigenvalue weighted by atomic mass is 16.5. The standard InChI is InChI=1S/C18H22N4O3/c1-2-25-17(23)14-7-5-11-21(13-14)18(24)20-15-8-3-4-9-16(15)22-12-6-10-19-22/h3-4,6,8-10,12,14H,2,5,7,11,13H2,1H3,(H,20,24)/t14-/m0/s1. The van der Waals surface area contributed by atoms with Crippen molar-refractivity contribution in [2.45, 2.75) is 19.8 Å². The van der Waals surface area contributed by atoms with Gasteiger partial charge in [0.1, 0.15) is 0 Å². The van der Waals surface area contributed by atoms with Crippen molar-refractivity contribution in [3.8, 4) is 5.69 Å². The van der Waals surface area contributed by atoms with Gasteiger partial charge in [-0.15, -0.1) is 0 Å². The monoisotopic (exact) mass is 342 g/mol. The van der Waals surface area contributed by atoms with Gasteiger partial charge in [-0.25, -0.2) is 9.48 Å². The number of nitrogens with zero attached hydrogens (tertiary/aromatic N) is 3. The number of hydrogen-bond acceptors (Lipinski definition) is 4. The second-order valence-electron chi connectivity index (χ2n) is 5.94. The van der Waals surface area contributed by atoms with E-state index in [1.165, 1.54) is 0 Å². The Morgan fingerprint density at radius 2 is 2.16 bits per heavy atom. The fourth-order valence-corrected chi connectivity index (χ4v) is 3.00. The van der Waals surface area contributed by atoms with Crippen LogP contribution in [0.2, 0.25) is 0 Å². The summed E-state index contributed by atoms with van der Waals surface area (Å²) in [5, 5.41) is 7.15. The number of carbonyl (C=O) groups is 2. The topological polar surface area (TPSA) is 76.5 Å². The first-order valence-corrected chi connectivity index (χ1v) is 8.50. The summed E-state index contributed by atoms with van der Waals surface area (Å²) in [5.41, 5.74) is 1.47. The Labute approximate surface area is 146 Å². The van der Waals surface area contributed by atoms with E-state index in [0.29, 0.717) is 25.4 Å². The molecule has 7 heteroatoms. The predicted molar refractivity (Wildman–Crippen MR) is 93.5 cm³/mol. The molecule has 1 aliphatic heterocycles. The summed E-state index contributed by atoms with van der Waals surface area (Å²) in [4.78, 5) is 26.3. The number of likely N-dealkylation sites (tertiary alicyclic amines) is 1. The molecule has 2 amide bonds. The van der Waals surface area contributed by atoms with Gasteiger partial charge in [0, 0.05) is 25.5 Å². The van der Waals surface area contributed by atoms with Gasteiger partial charge in [0.05, 0.1) is 23.9 Å². The first kappa shape index (κ1) is 17.0. The number of aromatic nitrogens is 2. The number of hydrogen-bond donors (Lipinski definition) is 1. The highest BCUT2D eigenvalue weighted by Gasteiger charge is 2.29. The molecule has 25 heavy (non-hydrogen) atoms. The van der Waals surface area contributed by atoms with E-state index in [1.54, 1.807) is 22.7 Å². The van der Waals surface area contributed by atoms with E-state index in [-0.39, 0.29) is 17.9 Å². The molecule has 0 radical (unpaired) electrons. The lowest BCUT2D eigenvalue weighted by Gasteiger charge is -2.31. The zero-order chi connectivity index (χ0) is 17.6. The molecule has 3 rings (SSSR count). The van der Waals surface area contributed by atoms with Crippen LogP contribution in [0.3, 0.4) is 0 Å². The SMILES string of the molecule is CCOC(=O)[C@H]1CCCN(C(=O)Nc2ccccc2-n2cccn2)C1. The lowest BCUT2D eigenvalue weighted by atomic mass is 9.98. The van der Waals surface area contributed by atoms with Gasteiger partial charge in [0.2, 0.25) is 0 Å². The normalized spacial score (nSPS) is 17.2. The van der Waals surface area contributed by atoms with E-state index in [2.05, 4.69) is 10.4 Å². The van der Waals surface area contributed by atoms with E-state index >= 15 is 0 Å². The highest BCUT2D eigenvalue weighted by Crippen LogP contribution is 2.22. The number of para-hydroxylation sites is 2. The van der Waals surface area contributed by atoms with Gasteiger partial charge in [0.15, 0.2) is 0 Å². The number of amides is 2. The van der Waals surface area contributed by atoms with Crippen LogP contribution >= 0.6 is 0 Å². The third-order valence-corrected chi connectivity index (χ3v) is 4.23. The van der Waals surface area contributed by atoms with E-state index in [9.17, 15) is 9.59 Å². The van der Waals surface area contributed by atoms with Crippen LogP contribution in [0.25, 0.3) is 5.69 Å². The van der Waals surface area contributed by atoms with Crippen molar-refractivity contribution in [1.29, 1.82) is 0 Å². The van der Waals surface area contributed by atoms with Crippen molar-refractivity contribution in [3.63, 3.8) is 0 Å².